The molecule has 0 amide bonds. The Labute approximate surface area is 227 Å². The summed E-state index contributed by atoms with van der Waals surface area (Å²) in [7, 11) is 3.29. The number of hydrogen-bond acceptors (Lipinski definition) is 7. The van der Waals surface area contributed by atoms with Crippen LogP contribution in [0.4, 0.5) is 0 Å². The highest BCUT2D eigenvalue weighted by Crippen LogP contribution is 2.30. The van der Waals surface area contributed by atoms with Crippen LogP contribution in [0.3, 0.4) is 0 Å². The lowest BCUT2D eigenvalue weighted by Crippen LogP contribution is -2.35. The van der Waals surface area contributed by atoms with Crippen molar-refractivity contribution in [3.8, 4) is 5.75 Å². The summed E-state index contributed by atoms with van der Waals surface area (Å²) >= 11 is 0. The lowest BCUT2D eigenvalue weighted by Gasteiger charge is -2.31. The van der Waals surface area contributed by atoms with Gasteiger partial charge in [0.25, 0.3) is 5.56 Å². The van der Waals surface area contributed by atoms with Crippen molar-refractivity contribution in [1.29, 1.82) is 0 Å². The predicted octanol–water partition coefficient (Wildman–Crippen LogP) is 4.27. The molecule has 0 aliphatic rings. The zero-order chi connectivity index (χ0) is 27.2. The molecule has 2 heterocycles. The first kappa shape index (κ1) is 26.3. The lowest BCUT2D eigenvalue weighted by atomic mass is 10.0. The molecule has 0 saturated heterocycles. The van der Waals surface area contributed by atoms with E-state index in [1.165, 1.54) is 0 Å². The summed E-state index contributed by atoms with van der Waals surface area (Å²) in [5.41, 5.74) is 4.46. The maximum atomic E-state index is 13.7. The third-order valence-electron chi connectivity index (χ3n) is 6.77. The largest absolute Gasteiger partial charge is 0.497 e. The van der Waals surface area contributed by atoms with E-state index in [1.807, 2.05) is 73.7 Å². The van der Waals surface area contributed by atoms with E-state index in [1.54, 1.807) is 18.9 Å². The minimum Gasteiger partial charge on any atom is -0.497 e. The number of aryl methyl sites for hydroxylation is 1. The number of rotatable bonds is 11. The zero-order valence-corrected chi connectivity index (χ0v) is 22.4. The molecule has 9 heteroatoms. The summed E-state index contributed by atoms with van der Waals surface area (Å²) < 4.78 is 12.4. The number of fused-ring (bicyclic) bond motifs is 1. The number of pyridine rings is 1. The highest BCUT2D eigenvalue weighted by molar-refractivity contribution is 5.79. The second kappa shape index (κ2) is 12.0. The van der Waals surface area contributed by atoms with Crippen molar-refractivity contribution in [2.24, 2.45) is 0 Å². The van der Waals surface area contributed by atoms with Gasteiger partial charge in [0.1, 0.15) is 11.8 Å². The quantitative estimate of drug-likeness (QED) is 0.276. The first-order valence-electron chi connectivity index (χ1n) is 12.8. The zero-order valence-electron chi connectivity index (χ0n) is 22.4. The van der Waals surface area contributed by atoms with E-state index >= 15 is 0 Å². The standard InChI is InChI=1S/C30H32N6O3/c1-21-9-12-24-18-26(30(37)31-27(24)17-21)28(29-32-33-34-36(29)15-16-38-2)35(19-22-7-5-4-6-8-22)20-23-10-13-25(39-3)14-11-23/h4-14,17-18,28H,15-16,19-20H2,1-3H3,(H,31,37)/t28-/m1/s1. The highest BCUT2D eigenvalue weighted by atomic mass is 16.5. The molecule has 1 N–H and O–H groups in total. The summed E-state index contributed by atoms with van der Waals surface area (Å²) in [5.74, 6) is 1.36. The number of aromatic amines is 1. The molecule has 9 nitrogen and oxygen atoms in total. The van der Waals surface area contributed by atoms with Crippen LogP contribution in [0.1, 0.15) is 34.1 Å². The third kappa shape index (κ3) is 6.05. The van der Waals surface area contributed by atoms with Crippen LogP contribution in [0.25, 0.3) is 10.9 Å². The van der Waals surface area contributed by atoms with Gasteiger partial charge in [0.05, 0.1) is 20.3 Å². The summed E-state index contributed by atoms with van der Waals surface area (Å²) in [6.07, 6.45) is 0. The fourth-order valence-corrected chi connectivity index (χ4v) is 4.80. The minimum absolute atomic E-state index is 0.174. The van der Waals surface area contributed by atoms with E-state index in [0.29, 0.717) is 37.6 Å². The summed E-state index contributed by atoms with van der Waals surface area (Å²) in [6, 6.07) is 25.6. The number of tetrazole rings is 1. The maximum Gasteiger partial charge on any atom is 0.253 e. The topological polar surface area (TPSA) is 98.2 Å². The number of hydrogen-bond donors (Lipinski definition) is 1. The second-order valence-electron chi connectivity index (χ2n) is 9.54. The molecule has 0 spiro atoms. The molecule has 0 fully saturated rings. The minimum atomic E-state index is -0.534. The Balaban J connectivity index is 1.67. The first-order chi connectivity index (χ1) is 19.1. The van der Waals surface area contributed by atoms with Crippen molar-refractivity contribution in [1.82, 2.24) is 30.1 Å². The van der Waals surface area contributed by atoms with Crippen LogP contribution in [0, 0.1) is 6.92 Å². The lowest BCUT2D eigenvalue weighted by molar-refractivity contribution is 0.169. The number of H-pyrrole nitrogens is 1. The van der Waals surface area contributed by atoms with E-state index in [0.717, 1.165) is 33.3 Å². The van der Waals surface area contributed by atoms with Crippen molar-refractivity contribution in [3.05, 3.63) is 117 Å². The van der Waals surface area contributed by atoms with E-state index in [2.05, 4.69) is 37.5 Å². The van der Waals surface area contributed by atoms with E-state index in [9.17, 15) is 4.79 Å². The SMILES string of the molecule is COCCn1nnnc1[C@@H](c1cc2ccc(C)cc2[nH]c1=O)N(Cc1ccccc1)Cc1ccc(OC)cc1. The number of nitrogens with one attached hydrogen (secondary N) is 1. The second-order valence-corrected chi connectivity index (χ2v) is 9.54. The normalized spacial score (nSPS) is 12.2. The number of ether oxygens (including phenoxy) is 2. The van der Waals surface area contributed by atoms with Crippen LogP contribution >= 0.6 is 0 Å². The Morgan fingerprint density at radius 1 is 0.949 bits per heavy atom. The first-order valence-corrected chi connectivity index (χ1v) is 12.8. The predicted molar refractivity (Wildman–Crippen MR) is 150 cm³/mol. The van der Waals surface area contributed by atoms with Gasteiger partial charge in [0, 0.05) is 31.3 Å². The summed E-state index contributed by atoms with van der Waals surface area (Å²) in [4.78, 5) is 19.0. The van der Waals surface area contributed by atoms with Crippen molar-refractivity contribution in [2.45, 2.75) is 32.6 Å². The van der Waals surface area contributed by atoms with Gasteiger partial charge in [-0.15, -0.1) is 5.10 Å². The average Bonchev–Trinajstić information content (AvgIpc) is 3.41. The third-order valence-corrected chi connectivity index (χ3v) is 6.77. The van der Waals surface area contributed by atoms with Gasteiger partial charge < -0.3 is 14.5 Å². The number of benzene rings is 3. The number of aromatic nitrogens is 5. The molecular formula is C30H32N6O3. The van der Waals surface area contributed by atoms with E-state index in [-0.39, 0.29) is 5.56 Å². The Morgan fingerprint density at radius 3 is 2.41 bits per heavy atom. The molecule has 5 aromatic rings. The molecule has 2 aromatic heterocycles. The fourth-order valence-electron chi connectivity index (χ4n) is 4.80. The maximum absolute atomic E-state index is 13.7. The van der Waals surface area contributed by atoms with Crippen LogP contribution in [-0.4, -0.2) is 50.9 Å². The van der Waals surface area contributed by atoms with Crippen molar-refractivity contribution in [2.75, 3.05) is 20.8 Å². The molecule has 0 unspecified atom stereocenters. The van der Waals surface area contributed by atoms with Crippen LogP contribution < -0.4 is 10.3 Å². The van der Waals surface area contributed by atoms with Gasteiger partial charge in [-0.2, -0.15) is 0 Å². The van der Waals surface area contributed by atoms with E-state index in [4.69, 9.17) is 9.47 Å². The van der Waals surface area contributed by atoms with Crippen molar-refractivity contribution >= 4 is 10.9 Å². The highest BCUT2D eigenvalue weighted by Gasteiger charge is 2.31. The molecule has 0 radical (unpaired) electrons. The summed E-state index contributed by atoms with van der Waals surface area (Å²) in [6.45, 7) is 4.03. The van der Waals surface area contributed by atoms with Crippen molar-refractivity contribution in [3.63, 3.8) is 0 Å². The Kier molecular flexibility index (Phi) is 8.10. The van der Waals surface area contributed by atoms with Gasteiger partial charge in [-0.25, -0.2) is 4.68 Å². The van der Waals surface area contributed by atoms with E-state index < -0.39 is 6.04 Å². The van der Waals surface area contributed by atoms with Crippen molar-refractivity contribution < 1.29 is 9.47 Å². The van der Waals surface area contributed by atoms with Gasteiger partial charge in [-0.3, -0.25) is 9.69 Å². The Bertz CT molecular complexity index is 1580. The molecule has 39 heavy (non-hydrogen) atoms. The smallest absolute Gasteiger partial charge is 0.253 e. The van der Waals surface area contributed by atoms with Crippen LogP contribution in [-0.2, 0) is 24.4 Å². The van der Waals surface area contributed by atoms with Gasteiger partial charge in [-0.05, 0) is 63.7 Å². The molecule has 1 atom stereocenters. The average molecular weight is 525 g/mol. The van der Waals surface area contributed by atoms with Gasteiger partial charge in [0.2, 0.25) is 0 Å². The molecule has 0 bridgehead atoms. The van der Waals surface area contributed by atoms with Crippen LogP contribution in [0.5, 0.6) is 5.75 Å². The van der Waals surface area contributed by atoms with Gasteiger partial charge in [-0.1, -0.05) is 54.6 Å². The Hall–Kier alpha value is -4.34. The monoisotopic (exact) mass is 524 g/mol. The Morgan fingerprint density at radius 2 is 1.69 bits per heavy atom. The van der Waals surface area contributed by atoms with Crippen LogP contribution in [0.15, 0.2) is 83.7 Å². The molecule has 0 aliphatic carbocycles. The summed E-state index contributed by atoms with van der Waals surface area (Å²) in [5, 5.41) is 13.6. The molecule has 3 aromatic carbocycles. The van der Waals surface area contributed by atoms with Gasteiger partial charge in [0.15, 0.2) is 5.82 Å². The molecule has 0 saturated carbocycles. The molecule has 0 aliphatic heterocycles. The molecule has 200 valence electrons. The number of nitrogens with zero attached hydrogens (tertiary/aromatic N) is 5. The number of methoxy groups -OCH3 is 2. The van der Waals surface area contributed by atoms with Gasteiger partial charge >= 0.3 is 0 Å². The van der Waals surface area contributed by atoms with Crippen LogP contribution in [0.2, 0.25) is 0 Å². The molecule has 5 rings (SSSR count). The molecular weight excluding hydrogens is 492 g/mol. The fraction of sp³-hybridized carbons (Fsp3) is 0.267.